The summed E-state index contributed by atoms with van der Waals surface area (Å²) >= 11 is 7.20. The molecule has 2 rings (SSSR count). The summed E-state index contributed by atoms with van der Waals surface area (Å²) in [6.07, 6.45) is 6.56. The monoisotopic (exact) mass is 226 g/mol. The Bertz CT molecular complexity index is 403. The smallest absolute Gasteiger partial charge is 0.115 e. The van der Waals surface area contributed by atoms with Crippen molar-refractivity contribution in [2.45, 2.75) is 6.54 Å². The van der Waals surface area contributed by atoms with Gasteiger partial charge < -0.3 is 5.32 Å². The minimum absolute atomic E-state index is 0.644. The molecule has 4 nitrogen and oxygen atoms in total. The third-order valence-electron chi connectivity index (χ3n) is 1.53. The zero-order valence-corrected chi connectivity index (χ0v) is 8.72. The third kappa shape index (κ3) is 2.40. The first kappa shape index (κ1) is 9.36. The summed E-state index contributed by atoms with van der Waals surface area (Å²) in [5.74, 6) is 0. The van der Waals surface area contributed by atoms with Gasteiger partial charge in [-0.2, -0.15) is 0 Å². The molecule has 0 radical (unpaired) electrons. The van der Waals surface area contributed by atoms with Gasteiger partial charge in [0.1, 0.15) is 15.7 Å². The zero-order valence-electron chi connectivity index (χ0n) is 7.14. The number of nitrogens with zero attached hydrogens (tertiary/aromatic N) is 3. The fourth-order valence-electron chi connectivity index (χ4n) is 0.938. The number of anilines is 1. The molecule has 0 bridgehead atoms. The van der Waals surface area contributed by atoms with Crippen molar-refractivity contribution in [1.82, 2.24) is 15.0 Å². The van der Waals surface area contributed by atoms with Gasteiger partial charge in [0.25, 0.3) is 0 Å². The molecule has 0 aliphatic carbocycles. The molecule has 72 valence electrons. The highest BCUT2D eigenvalue weighted by Crippen LogP contribution is 2.18. The number of hydrogen-bond donors (Lipinski definition) is 1. The molecule has 6 heteroatoms. The first-order valence-electron chi connectivity index (χ1n) is 3.93. The second-order valence-corrected chi connectivity index (χ2v) is 4.29. The van der Waals surface area contributed by atoms with E-state index in [1.165, 1.54) is 17.7 Å². The molecule has 14 heavy (non-hydrogen) atoms. The van der Waals surface area contributed by atoms with Crippen molar-refractivity contribution in [3.8, 4) is 0 Å². The highest BCUT2D eigenvalue weighted by Gasteiger charge is 1.99. The van der Waals surface area contributed by atoms with Crippen LogP contribution in [0, 0.1) is 0 Å². The number of thiazole rings is 1. The molecule has 0 aliphatic heterocycles. The van der Waals surface area contributed by atoms with Crippen LogP contribution in [0.15, 0.2) is 24.9 Å². The van der Waals surface area contributed by atoms with Crippen molar-refractivity contribution in [1.29, 1.82) is 0 Å². The Kier molecular flexibility index (Phi) is 2.90. The Morgan fingerprint density at radius 3 is 2.71 bits per heavy atom. The van der Waals surface area contributed by atoms with Crippen molar-refractivity contribution in [2.75, 3.05) is 5.32 Å². The molecule has 0 unspecified atom stereocenters. The lowest BCUT2D eigenvalue weighted by molar-refractivity contribution is 1.08. The Morgan fingerprint density at radius 2 is 2.07 bits per heavy atom. The van der Waals surface area contributed by atoms with Gasteiger partial charge in [-0.1, -0.05) is 11.6 Å². The largest absolute Gasteiger partial charge is 0.376 e. The predicted octanol–water partition coefficient (Wildman–Crippen LogP) is 2.20. The predicted molar refractivity (Wildman–Crippen MR) is 56.5 cm³/mol. The zero-order chi connectivity index (χ0) is 9.80. The van der Waals surface area contributed by atoms with Crippen molar-refractivity contribution >= 4 is 28.6 Å². The number of halogens is 1. The van der Waals surface area contributed by atoms with E-state index in [0.717, 1.165) is 10.7 Å². The first-order valence-corrected chi connectivity index (χ1v) is 5.13. The van der Waals surface area contributed by atoms with Gasteiger partial charge in [-0.05, 0) is 0 Å². The average molecular weight is 227 g/mol. The summed E-state index contributed by atoms with van der Waals surface area (Å²) in [7, 11) is 0. The molecule has 0 aliphatic rings. The minimum Gasteiger partial charge on any atom is -0.376 e. The summed E-state index contributed by atoms with van der Waals surface area (Å²) in [6.45, 7) is 0.644. The highest BCUT2D eigenvalue weighted by molar-refractivity contribution is 7.15. The van der Waals surface area contributed by atoms with Crippen molar-refractivity contribution in [3.05, 3.63) is 34.3 Å². The molecular weight excluding hydrogens is 220 g/mol. The van der Waals surface area contributed by atoms with Crippen molar-refractivity contribution in [3.63, 3.8) is 0 Å². The summed E-state index contributed by atoms with van der Waals surface area (Å²) in [4.78, 5) is 11.9. The molecule has 2 aromatic heterocycles. The maximum atomic E-state index is 5.75. The second-order valence-electron chi connectivity index (χ2n) is 2.54. The van der Waals surface area contributed by atoms with E-state index >= 15 is 0 Å². The Balaban J connectivity index is 1.95. The van der Waals surface area contributed by atoms with Crippen LogP contribution >= 0.6 is 22.9 Å². The van der Waals surface area contributed by atoms with Gasteiger partial charge in [-0.25, -0.2) is 15.0 Å². The van der Waals surface area contributed by atoms with Gasteiger partial charge in [0.15, 0.2) is 0 Å². The van der Waals surface area contributed by atoms with E-state index in [0.29, 0.717) is 10.9 Å². The van der Waals surface area contributed by atoms with Gasteiger partial charge in [-0.15, -0.1) is 11.3 Å². The molecule has 0 amide bonds. The maximum Gasteiger partial charge on any atom is 0.115 e. The standard InChI is InChI=1S/C8H7ClN4S/c9-7-3-13-8(14-7)4-12-6-1-10-5-11-2-6/h1-3,5,12H,4H2. The van der Waals surface area contributed by atoms with Crippen molar-refractivity contribution in [2.24, 2.45) is 0 Å². The molecule has 0 aromatic carbocycles. The normalized spacial score (nSPS) is 10.1. The SMILES string of the molecule is Clc1cnc(CNc2cncnc2)s1. The molecule has 0 atom stereocenters. The van der Waals surface area contributed by atoms with Crippen LogP contribution in [-0.4, -0.2) is 15.0 Å². The summed E-state index contributed by atoms with van der Waals surface area (Å²) < 4.78 is 0.700. The van der Waals surface area contributed by atoms with Crippen molar-refractivity contribution < 1.29 is 0 Å². The molecule has 0 spiro atoms. The Morgan fingerprint density at radius 1 is 1.29 bits per heavy atom. The van der Waals surface area contributed by atoms with E-state index in [1.807, 2.05) is 0 Å². The van der Waals surface area contributed by atoms with E-state index in [4.69, 9.17) is 11.6 Å². The quantitative estimate of drug-likeness (QED) is 0.872. The molecule has 0 saturated carbocycles. The molecule has 2 aromatic rings. The fourth-order valence-corrected chi connectivity index (χ4v) is 1.83. The lowest BCUT2D eigenvalue weighted by Gasteiger charge is -2.01. The Labute approximate surface area is 90.0 Å². The molecular formula is C8H7ClN4S. The minimum atomic E-state index is 0.644. The topological polar surface area (TPSA) is 50.7 Å². The summed E-state index contributed by atoms with van der Waals surface area (Å²) in [6, 6.07) is 0. The lowest BCUT2D eigenvalue weighted by atomic mass is 10.5. The van der Waals surface area contributed by atoms with Crippen LogP contribution < -0.4 is 5.32 Å². The van der Waals surface area contributed by atoms with E-state index < -0.39 is 0 Å². The van der Waals surface area contributed by atoms with E-state index in [2.05, 4.69) is 20.3 Å². The van der Waals surface area contributed by atoms with E-state index in [1.54, 1.807) is 18.6 Å². The van der Waals surface area contributed by atoms with Gasteiger partial charge in [0.2, 0.25) is 0 Å². The highest BCUT2D eigenvalue weighted by atomic mass is 35.5. The van der Waals surface area contributed by atoms with Gasteiger partial charge >= 0.3 is 0 Å². The molecule has 0 fully saturated rings. The van der Waals surface area contributed by atoms with Crippen LogP contribution in [0.4, 0.5) is 5.69 Å². The van der Waals surface area contributed by atoms with Gasteiger partial charge in [0, 0.05) is 0 Å². The van der Waals surface area contributed by atoms with Crippen LogP contribution in [0.1, 0.15) is 5.01 Å². The van der Waals surface area contributed by atoms with Crippen LogP contribution in [-0.2, 0) is 6.54 Å². The molecule has 0 saturated heterocycles. The van der Waals surface area contributed by atoms with E-state index in [-0.39, 0.29) is 0 Å². The van der Waals surface area contributed by atoms with Crippen LogP contribution in [0.3, 0.4) is 0 Å². The van der Waals surface area contributed by atoms with E-state index in [9.17, 15) is 0 Å². The fraction of sp³-hybridized carbons (Fsp3) is 0.125. The number of rotatable bonds is 3. The maximum absolute atomic E-state index is 5.75. The molecule has 2 heterocycles. The van der Waals surface area contributed by atoms with Gasteiger partial charge in [0.05, 0.1) is 30.8 Å². The average Bonchev–Trinajstić information content (AvgIpc) is 2.63. The molecule has 1 N–H and O–H groups in total. The summed E-state index contributed by atoms with van der Waals surface area (Å²) in [5, 5.41) is 4.08. The summed E-state index contributed by atoms with van der Waals surface area (Å²) in [5.41, 5.74) is 0.874. The third-order valence-corrected chi connectivity index (χ3v) is 2.64. The van der Waals surface area contributed by atoms with Crippen LogP contribution in [0.5, 0.6) is 0 Å². The number of hydrogen-bond acceptors (Lipinski definition) is 5. The second kappa shape index (κ2) is 4.34. The van der Waals surface area contributed by atoms with Crippen LogP contribution in [0.25, 0.3) is 0 Å². The van der Waals surface area contributed by atoms with Gasteiger partial charge in [-0.3, -0.25) is 0 Å². The first-order chi connectivity index (χ1) is 6.84. The lowest BCUT2D eigenvalue weighted by Crippen LogP contribution is -1.99. The van der Waals surface area contributed by atoms with Crippen LogP contribution in [0.2, 0.25) is 4.34 Å². The Hall–Kier alpha value is -1.20. The number of nitrogens with one attached hydrogen (secondary N) is 1. The number of aromatic nitrogens is 3.